The maximum absolute atomic E-state index is 12.2. The number of fused-ring (bicyclic) bond motifs is 1. The van der Waals surface area contributed by atoms with Crippen LogP contribution in [0.1, 0.15) is 42.3 Å². The summed E-state index contributed by atoms with van der Waals surface area (Å²) in [5, 5.41) is 3.27. The number of hydrogen-bond acceptors (Lipinski definition) is 4. The van der Waals surface area contributed by atoms with Gasteiger partial charge in [-0.15, -0.1) is 0 Å². The van der Waals surface area contributed by atoms with E-state index in [-0.39, 0.29) is 11.6 Å². The van der Waals surface area contributed by atoms with Crippen molar-refractivity contribution in [3.8, 4) is 5.75 Å². The van der Waals surface area contributed by atoms with Gasteiger partial charge in [0.25, 0.3) is 5.56 Å². The van der Waals surface area contributed by atoms with Crippen molar-refractivity contribution >= 4 is 5.65 Å². The van der Waals surface area contributed by atoms with Gasteiger partial charge in [0, 0.05) is 24.4 Å². The lowest BCUT2D eigenvalue weighted by Gasteiger charge is -2.35. The number of nitrogens with one attached hydrogen (secondary N) is 1. The zero-order chi connectivity index (χ0) is 18.1. The summed E-state index contributed by atoms with van der Waals surface area (Å²) in [6.45, 7) is 3.75. The number of likely N-dealkylation sites (tertiary alicyclic amines) is 1. The highest BCUT2D eigenvalue weighted by Gasteiger charge is 2.26. The van der Waals surface area contributed by atoms with Crippen LogP contribution >= 0.6 is 0 Å². The second-order valence-electron chi connectivity index (χ2n) is 6.97. The van der Waals surface area contributed by atoms with Gasteiger partial charge in [-0.1, -0.05) is 18.6 Å². The SMILES string of the molecule is COc1cccc(CN2CCCC[C@H]2c2cc3nc(C)cc(=O)n3[nH]2)c1. The van der Waals surface area contributed by atoms with Crippen molar-refractivity contribution in [2.24, 2.45) is 0 Å². The molecule has 0 amide bonds. The van der Waals surface area contributed by atoms with Gasteiger partial charge in [0.1, 0.15) is 5.75 Å². The van der Waals surface area contributed by atoms with Gasteiger partial charge in [-0.2, -0.15) is 0 Å². The van der Waals surface area contributed by atoms with Crippen LogP contribution < -0.4 is 10.3 Å². The zero-order valence-corrected chi connectivity index (χ0v) is 15.2. The summed E-state index contributed by atoms with van der Waals surface area (Å²) in [5.41, 5.74) is 3.67. The lowest BCUT2D eigenvalue weighted by Crippen LogP contribution is -2.33. The fourth-order valence-electron chi connectivity index (χ4n) is 3.84. The van der Waals surface area contributed by atoms with Gasteiger partial charge < -0.3 is 4.74 Å². The Morgan fingerprint density at radius 2 is 2.15 bits per heavy atom. The predicted molar refractivity (Wildman–Crippen MR) is 101 cm³/mol. The standard InChI is InChI=1S/C20H24N4O2/c1-14-10-20(25)24-19(21-14)12-17(22-24)18-8-3-4-9-23(18)13-15-6-5-7-16(11-15)26-2/h5-7,10-12,18,22H,3-4,8-9,13H2,1-2H3/t18-/m0/s1. The summed E-state index contributed by atoms with van der Waals surface area (Å²) < 4.78 is 6.89. The van der Waals surface area contributed by atoms with Gasteiger partial charge in [0.2, 0.25) is 0 Å². The number of aromatic amines is 1. The second kappa shape index (κ2) is 6.96. The molecule has 1 aliphatic rings. The Hall–Kier alpha value is -2.60. The van der Waals surface area contributed by atoms with E-state index in [1.165, 1.54) is 18.4 Å². The minimum Gasteiger partial charge on any atom is -0.497 e. The molecule has 1 aromatic carbocycles. The molecule has 0 aliphatic carbocycles. The number of piperidine rings is 1. The number of methoxy groups -OCH3 is 1. The predicted octanol–water partition coefficient (Wildman–Crippen LogP) is 3.07. The van der Waals surface area contributed by atoms with Crippen LogP contribution in [0, 0.1) is 6.92 Å². The highest BCUT2D eigenvalue weighted by Crippen LogP contribution is 2.32. The van der Waals surface area contributed by atoms with Crippen LogP contribution in [0.2, 0.25) is 0 Å². The molecule has 0 radical (unpaired) electrons. The van der Waals surface area contributed by atoms with E-state index in [1.807, 2.05) is 25.1 Å². The van der Waals surface area contributed by atoms with Crippen molar-refractivity contribution < 1.29 is 4.74 Å². The molecule has 1 N–H and O–H groups in total. The van der Waals surface area contributed by atoms with Crippen LogP contribution in [0.15, 0.2) is 41.2 Å². The van der Waals surface area contributed by atoms with Gasteiger partial charge in [-0.25, -0.2) is 9.50 Å². The molecule has 2 aromatic heterocycles. The molecule has 26 heavy (non-hydrogen) atoms. The quantitative estimate of drug-likeness (QED) is 0.784. The summed E-state index contributed by atoms with van der Waals surface area (Å²) in [7, 11) is 1.69. The fraction of sp³-hybridized carbons (Fsp3) is 0.400. The van der Waals surface area contributed by atoms with Crippen LogP contribution in [-0.2, 0) is 6.54 Å². The number of hydrogen-bond donors (Lipinski definition) is 1. The number of nitrogens with zero attached hydrogens (tertiary/aromatic N) is 3. The van der Waals surface area contributed by atoms with Crippen LogP contribution in [0.25, 0.3) is 5.65 Å². The highest BCUT2D eigenvalue weighted by molar-refractivity contribution is 5.40. The number of benzene rings is 1. The van der Waals surface area contributed by atoms with Crippen LogP contribution in [0.3, 0.4) is 0 Å². The molecule has 0 saturated carbocycles. The highest BCUT2D eigenvalue weighted by atomic mass is 16.5. The Bertz CT molecular complexity index is 975. The molecule has 0 bridgehead atoms. The number of ether oxygens (including phenoxy) is 1. The van der Waals surface area contributed by atoms with Crippen molar-refractivity contribution in [2.45, 2.75) is 38.8 Å². The van der Waals surface area contributed by atoms with Gasteiger partial charge >= 0.3 is 0 Å². The molecular formula is C20H24N4O2. The molecule has 1 saturated heterocycles. The van der Waals surface area contributed by atoms with Gasteiger partial charge in [-0.05, 0) is 44.0 Å². The molecule has 4 rings (SSSR count). The summed E-state index contributed by atoms with van der Waals surface area (Å²) in [4.78, 5) is 19.2. The van der Waals surface area contributed by atoms with Crippen molar-refractivity contribution in [1.82, 2.24) is 19.5 Å². The van der Waals surface area contributed by atoms with Crippen LogP contribution in [-0.4, -0.2) is 33.2 Å². The fourth-order valence-corrected chi connectivity index (χ4v) is 3.84. The van der Waals surface area contributed by atoms with Crippen LogP contribution in [0.4, 0.5) is 0 Å². The minimum absolute atomic E-state index is 0.0612. The molecule has 1 atom stereocenters. The normalized spacial score (nSPS) is 18.3. The number of H-pyrrole nitrogens is 1. The summed E-state index contributed by atoms with van der Waals surface area (Å²) in [6, 6.07) is 12.1. The molecule has 6 nitrogen and oxygen atoms in total. The summed E-state index contributed by atoms with van der Waals surface area (Å²) >= 11 is 0. The first-order chi connectivity index (χ1) is 12.6. The number of aryl methyl sites for hydroxylation is 1. The van der Waals surface area contributed by atoms with E-state index in [1.54, 1.807) is 17.7 Å². The van der Waals surface area contributed by atoms with Crippen LogP contribution in [0.5, 0.6) is 5.75 Å². The molecule has 1 aliphatic heterocycles. The Labute approximate surface area is 152 Å². The van der Waals surface area contributed by atoms with E-state index in [4.69, 9.17) is 4.74 Å². The first-order valence-corrected chi connectivity index (χ1v) is 9.10. The number of rotatable bonds is 4. The third-order valence-corrected chi connectivity index (χ3v) is 5.09. The van der Waals surface area contributed by atoms with E-state index in [2.05, 4.69) is 27.1 Å². The molecule has 0 spiro atoms. The maximum atomic E-state index is 12.2. The van der Waals surface area contributed by atoms with Crippen molar-refractivity contribution in [1.29, 1.82) is 0 Å². The number of aromatic nitrogens is 3. The van der Waals surface area contributed by atoms with E-state index in [0.29, 0.717) is 5.65 Å². The topological polar surface area (TPSA) is 62.6 Å². The molecule has 3 heterocycles. The molecule has 136 valence electrons. The Morgan fingerprint density at radius 1 is 1.27 bits per heavy atom. The van der Waals surface area contributed by atoms with Gasteiger partial charge in [0.05, 0.1) is 18.8 Å². The van der Waals surface area contributed by atoms with E-state index in [9.17, 15) is 4.79 Å². The zero-order valence-electron chi connectivity index (χ0n) is 15.2. The lowest BCUT2D eigenvalue weighted by molar-refractivity contribution is 0.137. The summed E-state index contributed by atoms with van der Waals surface area (Å²) in [5.74, 6) is 0.882. The van der Waals surface area contributed by atoms with Crippen molar-refractivity contribution in [3.63, 3.8) is 0 Å². The smallest absolute Gasteiger partial charge is 0.272 e. The Morgan fingerprint density at radius 3 is 3.00 bits per heavy atom. The first kappa shape index (κ1) is 16.8. The molecule has 1 fully saturated rings. The second-order valence-corrected chi connectivity index (χ2v) is 6.97. The van der Waals surface area contributed by atoms with E-state index >= 15 is 0 Å². The average molecular weight is 352 g/mol. The van der Waals surface area contributed by atoms with Crippen molar-refractivity contribution in [3.05, 3.63) is 63.7 Å². The molecule has 0 unspecified atom stereocenters. The lowest BCUT2D eigenvalue weighted by atomic mass is 9.98. The van der Waals surface area contributed by atoms with Gasteiger partial charge in [0.15, 0.2) is 5.65 Å². The summed E-state index contributed by atoms with van der Waals surface area (Å²) in [6.07, 6.45) is 3.46. The molecule has 3 aromatic rings. The Kier molecular flexibility index (Phi) is 4.51. The third kappa shape index (κ3) is 3.24. The monoisotopic (exact) mass is 352 g/mol. The van der Waals surface area contributed by atoms with E-state index < -0.39 is 0 Å². The minimum atomic E-state index is -0.0612. The largest absolute Gasteiger partial charge is 0.497 e. The van der Waals surface area contributed by atoms with Crippen molar-refractivity contribution in [2.75, 3.05) is 13.7 Å². The molecule has 6 heteroatoms. The molecular weight excluding hydrogens is 328 g/mol. The van der Waals surface area contributed by atoms with Gasteiger partial charge in [-0.3, -0.25) is 14.8 Å². The van der Waals surface area contributed by atoms with E-state index in [0.717, 1.165) is 36.6 Å². The average Bonchev–Trinajstić information content (AvgIpc) is 3.06. The third-order valence-electron chi connectivity index (χ3n) is 5.09. The Balaban J connectivity index is 1.65. The maximum Gasteiger partial charge on any atom is 0.272 e. The first-order valence-electron chi connectivity index (χ1n) is 9.10.